The molecule has 0 atom stereocenters. The Kier molecular flexibility index (Phi) is 4.40. The van der Waals surface area contributed by atoms with Gasteiger partial charge in [-0.25, -0.2) is 0 Å². The lowest BCUT2D eigenvalue weighted by atomic mass is 10.3. The van der Waals surface area contributed by atoms with Crippen LogP contribution in [0.15, 0.2) is 45.9 Å². The molecule has 2 rings (SSSR count). The topological polar surface area (TPSA) is 25.2 Å². The number of hydrogen-bond donors (Lipinski definition) is 1. The monoisotopic (exact) mass is 267 g/mol. The van der Waals surface area contributed by atoms with Crippen molar-refractivity contribution in [3.8, 4) is 0 Å². The van der Waals surface area contributed by atoms with Crippen LogP contribution in [0.2, 0.25) is 5.02 Å². The molecule has 0 fully saturated rings. The highest BCUT2D eigenvalue weighted by Gasteiger charge is 2.02. The lowest BCUT2D eigenvalue weighted by Gasteiger charge is -2.07. The van der Waals surface area contributed by atoms with Crippen molar-refractivity contribution in [3.63, 3.8) is 0 Å². The smallest absolute Gasteiger partial charge is 0.114 e. The second kappa shape index (κ2) is 6.03. The van der Waals surface area contributed by atoms with E-state index in [1.807, 2.05) is 37.3 Å². The van der Waals surface area contributed by atoms with Crippen LogP contribution in [0, 0.1) is 6.92 Å². The van der Waals surface area contributed by atoms with Crippen molar-refractivity contribution < 1.29 is 4.42 Å². The zero-order chi connectivity index (χ0) is 12.1. The number of hydrogen-bond acceptors (Lipinski definition) is 3. The maximum absolute atomic E-state index is 6.04. The third-order valence-electron chi connectivity index (χ3n) is 2.36. The van der Waals surface area contributed by atoms with Crippen LogP contribution in [0.4, 0.5) is 5.69 Å². The number of benzene rings is 1. The molecule has 4 heteroatoms. The van der Waals surface area contributed by atoms with E-state index in [9.17, 15) is 0 Å². The zero-order valence-corrected chi connectivity index (χ0v) is 11.1. The van der Waals surface area contributed by atoms with Crippen molar-refractivity contribution in [2.45, 2.75) is 11.8 Å². The van der Waals surface area contributed by atoms with Crippen LogP contribution in [0.1, 0.15) is 5.76 Å². The first-order valence-corrected chi connectivity index (χ1v) is 6.79. The van der Waals surface area contributed by atoms with Gasteiger partial charge in [-0.2, -0.15) is 0 Å². The Morgan fingerprint density at radius 1 is 1.29 bits per heavy atom. The maximum Gasteiger partial charge on any atom is 0.114 e. The van der Waals surface area contributed by atoms with Crippen molar-refractivity contribution in [1.29, 1.82) is 0 Å². The molecule has 1 aromatic heterocycles. The maximum atomic E-state index is 6.04. The molecule has 0 saturated heterocycles. The van der Waals surface area contributed by atoms with Crippen LogP contribution in [0.3, 0.4) is 0 Å². The van der Waals surface area contributed by atoms with Crippen LogP contribution >= 0.6 is 23.4 Å². The van der Waals surface area contributed by atoms with Crippen molar-refractivity contribution in [2.75, 3.05) is 17.6 Å². The van der Waals surface area contributed by atoms with E-state index in [1.165, 1.54) is 4.90 Å². The van der Waals surface area contributed by atoms with Gasteiger partial charge < -0.3 is 9.73 Å². The van der Waals surface area contributed by atoms with E-state index in [0.717, 1.165) is 28.8 Å². The van der Waals surface area contributed by atoms with E-state index in [2.05, 4.69) is 5.32 Å². The summed E-state index contributed by atoms with van der Waals surface area (Å²) in [7, 11) is 0. The third-order valence-corrected chi connectivity index (χ3v) is 3.83. The molecule has 0 bridgehead atoms. The molecule has 0 spiro atoms. The fourth-order valence-corrected chi connectivity index (χ4v) is 2.50. The Morgan fingerprint density at radius 2 is 2.12 bits per heavy atom. The number of rotatable bonds is 5. The van der Waals surface area contributed by atoms with Gasteiger partial charge in [-0.15, -0.1) is 11.8 Å². The first-order valence-electron chi connectivity index (χ1n) is 5.42. The van der Waals surface area contributed by atoms with Gasteiger partial charge in [0.25, 0.3) is 0 Å². The average Bonchev–Trinajstić information content (AvgIpc) is 2.73. The Morgan fingerprint density at radius 3 is 2.82 bits per heavy atom. The van der Waals surface area contributed by atoms with Crippen molar-refractivity contribution >= 4 is 29.1 Å². The number of furan rings is 1. The predicted octanol–water partition coefficient (Wildman–Crippen LogP) is 4.45. The van der Waals surface area contributed by atoms with Gasteiger partial charge in [0.15, 0.2) is 0 Å². The van der Waals surface area contributed by atoms with Crippen molar-refractivity contribution in [2.24, 2.45) is 0 Å². The molecule has 1 N–H and O–H groups in total. The van der Waals surface area contributed by atoms with E-state index in [1.54, 1.807) is 18.0 Å². The van der Waals surface area contributed by atoms with Gasteiger partial charge in [-0.05, 0) is 25.1 Å². The summed E-state index contributed by atoms with van der Waals surface area (Å²) in [6.45, 7) is 2.85. The number of para-hydroxylation sites is 1. The van der Waals surface area contributed by atoms with Gasteiger partial charge in [-0.3, -0.25) is 0 Å². The number of halogens is 1. The van der Waals surface area contributed by atoms with Gasteiger partial charge in [0.1, 0.15) is 5.76 Å². The summed E-state index contributed by atoms with van der Waals surface area (Å²) in [4.78, 5) is 1.20. The summed E-state index contributed by atoms with van der Waals surface area (Å²) in [6.07, 6.45) is 1.72. The minimum atomic E-state index is 0.761. The second-order valence-electron chi connectivity index (χ2n) is 3.60. The van der Waals surface area contributed by atoms with Gasteiger partial charge in [0.2, 0.25) is 0 Å². The number of aryl methyl sites for hydroxylation is 1. The molecule has 17 heavy (non-hydrogen) atoms. The van der Waals surface area contributed by atoms with Crippen LogP contribution in [0.5, 0.6) is 0 Å². The quantitative estimate of drug-likeness (QED) is 0.640. The van der Waals surface area contributed by atoms with Crippen LogP contribution in [-0.4, -0.2) is 12.3 Å². The molecule has 0 unspecified atom stereocenters. The molecular formula is C13H14ClNOS. The Balaban J connectivity index is 1.77. The molecule has 0 saturated carbocycles. The molecule has 1 heterocycles. The second-order valence-corrected chi connectivity index (χ2v) is 5.14. The van der Waals surface area contributed by atoms with E-state index in [0.29, 0.717) is 0 Å². The molecule has 0 aliphatic carbocycles. The van der Waals surface area contributed by atoms with Gasteiger partial charge in [-0.1, -0.05) is 23.7 Å². The fourth-order valence-electron chi connectivity index (χ4n) is 1.47. The van der Waals surface area contributed by atoms with E-state index in [4.69, 9.17) is 16.0 Å². The minimum absolute atomic E-state index is 0.761. The Labute approximate surface area is 110 Å². The summed E-state index contributed by atoms with van der Waals surface area (Å²) >= 11 is 7.82. The zero-order valence-electron chi connectivity index (χ0n) is 9.57. The molecule has 90 valence electrons. The van der Waals surface area contributed by atoms with Gasteiger partial charge in [0, 0.05) is 17.2 Å². The van der Waals surface area contributed by atoms with Gasteiger partial charge in [0.05, 0.1) is 17.0 Å². The molecule has 1 aromatic carbocycles. The number of thioether (sulfide) groups is 1. The Bertz CT molecular complexity index is 484. The first-order chi connectivity index (χ1) is 8.27. The summed E-state index contributed by atoms with van der Waals surface area (Å²) in [5.41, 5.74) is 0.985. The molecule has 0 radical (unpaired) electrons. The SMILES string of the molecule is Cc1occc1SCCNc1ccccc1Cl. The molecule has 0 aliphatic rings. The molecule has 2 aromatic rings. The Hall–Kier alpha value is -1.06. The third kappa shape index (κ3) is 3.45. The summed E-state index contributed by atoms with van der Waals surface area (Å²) in [6, 6.07) is 9.77. The van der Waals surface area contributed by atoms with E-state index < -0.39 is 0 Å². The minimum Gasteiger partial charge on any atom is -0.468 e. The molecule has 0 amide bonds. The fraction of sp³-hybridized carbons (Fsp3) is 0.231. The van der Waals surface area contributed by atoms with E-state index in [-0.39, 0.29) is 0 Å². The van der Waals surface area contributed by atoms with E-state index >= 15 is 0 Å². The normalized spacial score (nSPS) is 10.5. The summed E-state index contributed by atoms with van der Waals surface area (Å²) in [5.74, 6) is 1.96. The molecular weight excluding hydrogens is 254 g/mol. The average molecular weight is 268 g/mol. The summed E-state index contributed by atoms with van der Waals surface area (Å²) in [5, 5.41) is 4.07. The van der Waals surface area contributed by atoms with Crippen LogP contribution in [0.25, 0.3) is 0 Å². The molecule has 2 nitrogen and oxygen atoms in total. The molecule has 0 aliphatic heterocycles. The lowest BCUT2D eigenvalue weighted by molar-refractivity contribution is 0.527. The lowest BCUT2D eigenvalue weighted by Crippen LogP contribution is -2.04. The predicted molar refractivity (Wildman–Crippen MR) is 74.1 cm³/mol. The van der Waals surface area contributed by atoms with Crippen LogP contribution < -0.4 is 5.32 Å². The van der Waals surface area contributed by atoms with Crippen molar-refractivity contribution in [1.82, 2.24) is 0 Å². The first kappa shape index (κ1) is 12.4. The highest BCUT2D eigenvalue weighted by atomic mass is 35.5. The number of anilines is 1. The highest BCUT2D eigenvalue weighted by Crippen LogP contribution is 2.24. The van der Waals surface area contributed by atoms with Crippen molar-refractivity contribution in [3.05, 3.63) is 47.4 Å². The number of nitrogens with one attached hydrogen (secondary N) is 1. The standard InChI is InChI=1S/C13H14ClNOS/c1-10-13(6-8-16-10)17-9-7-15-12-5-3-2-4-11(12)14/h2-6,8,15H,7,9H2,1H3. The largest absolute Gasteiger partial charge is 0.468 e. The van der Waals surface area contributed by atoms with Gasteiger partial charge >= 0.3 is 0 Å². The highest BCUT2D eigenvalue weighted by molar-refractivity contribution is 7.99. The van der Waals surface area contributed by atoms with Crippen LogP contribution in [-0.2, 0) is 0 Å². The summed E-state index contributed by atoms with van der Waals surface area (Å²) < 4.78 is 5.24.